The fourth-order valence-corrected chi connectivity index (χ4v) is 3.99. The van der Waals surface area contributed by atoms with Gasteiger partial charge in [-0.15, -0.1) is 0 Å². The average molecular weight is 422 g/mol. The van der Waals surface area contributed by atoms with E-state index in [0.717, 1.165) is 4.90 Å². The van der Waals surface area contributed by atoms with Crippen molar-refractivity contribution < 1.29 is 33.4 Å². The maximum Gasteiger partial charge on any atom is 0.411 e. The number of nitrogens with zero attached hydrogens (tertiary/aromatic N) is 2. The first-order valence-electron chi connectivity index (χ1n) is 9.92. The third kappa shape index (κ3) is 4.06. The summed E-state index contributed by atoms with van der Waals surface area (Å²) in [5.74, 6) is -1.55. The molecule has 1 saturated heterocycles. The third-order valence-corrected chi connectivity index (χ3v) is 5.52. The molecule has 0 bridgehead atoms. The van der Waals surface area contributed by atoms with Gasteiger partial charge in [0, 0.05) is 18.5 Å². The Labute approximate surface area is 174 Å². The van der Waals surface area contributed by atoms with Gasteiger partial charge in [0.25, 0.3) is 0 Å². The Hall–Kier alpha value is -2.84. The second kappa shape index (κ2) is 7.77. The summed E-state index contributed by atoms with van der Waals surface area (Å²) in [6, 6.07) is 4.67. The lowest BCUT2D eigenvalue weighted by Crippen LogP contribution is -2.53. The summed E-state index contributed by atoms with van der Waals surface area (Å²) >= 11 is 0. The smallest absolute Gasteiger partial charge is 0.411 e. The van der Waals surface area contributed by atoms with Crippen molar-refractivity contribution in [3.05, 3.63) is 35.1 Å². The van der Waals surface area contributed by atoms with E-state index in [1.807, 2.05) is 0 Å². The minimum atomic E-state index is -1.52. The lowest BCUT2D eigenvalue weighted by Gasteiger charge is -2.34. The average Bonchev–Trinajstić information content (AvgIpc) is 3.23. The van der Waals surface area contributed by atoms with E-state index in [1.54, 1.807) is 39.8 Å². The highest BCUT2D eigenvalue weighted by molar-refractivity contribution is 5.85. The number of benzene rings is 1. The van der Waals surface area contributed by atoms with Crippen LogP contribution in [0.15, 0.2) is 18.2 Å². The van der Waals surface area contributed by atoms with Crippen molar-refractivity contribution in [2.75, 3.05) is 6.54 Å². The molecular formula is C21H27FN2O6. The first-order chi connectivity index (χ1) is 14.0. The van der Waals surface area contributed by atoms with Gasteiger partial charge in [0.05, 0.1) is 13.1 Å². The van der Waals surface area contributed by atoms with Gasteiger partial charge in [0.15, 0.2) is 0 Å². The van der Waals surface area contributed by atoms with E-state index in [-0.39, 0.29) is 38.3 Å². The molecule has 30 heavy (non-hydrogen) atoms. The van der Waals surface area contributed by atoms with Crippen LogP contribution >= 0.6 is 0 Å². The van der Waals surface area contributed by atoms with Crippen LogP contribution < -0.4 is 0 Å². The van der Waals surface area contributed by atoms with Gasteiger partial charge < -0.3 is 14.6 Å². The van der Waals surface area contributed by atoms with Crippen molar-refractivity contribution in [2.45, 2.75) is 70.9 Å². The van der Waals surface area contributed by atoms with Crippen molar-refractivity contribution in [2.24, 2.45) is 0 Å². The molecule has 164 valence electrons. The second-order valence-corrected chi connectivity index (χ2v) is 8.72. The van der Waals surface area contributed by atoms with E-state index >= 15 is 0 Å². The Morgan fingerprint density at radius 1 is 1.23 bits per heavy atom. The molecule has 8 nitrogen and oxygen atoms in total. The molecule has 2 aliphatic heterocycles. The summed E-state index contributed by atoms with van der Waals surface area (Å²) in [4.78, 5) is 39.9. The number of carboxylic acid groups (broad SMARTS) is 1. The van der Waals surface area contributed by atoms with Crippen LogP contribution in [0.5, 0.6) is 0 Å². The molecule has 1 aromatic rings. The zero-order valence-electron chi connectivity index (χ0n) is 17.6. The molecule has 1 N–H and O–H groups in total. The first-order valence-corrected chi connectivity index (χ1v) is 9.92. The highest BCUT2D eigenvalue weighted by Crippen LogP contribution is 2.36. The van der Waals surface area contributed by atoms with Gasteiger partial charge in [-0.1, -0.05) is 19.1 Å². The van der Waals surface area contributed by atoms with Gasteiger partial charge in [0.1, 0.15) is 23.1 Å². The molecule has 0 aliphatic carbocycles. The van der Waals surface area contributed by atoms with E-state index < -0.39 is 35.4 Å². The van der Waals surface area contributed by atoms with E-state index in [9.17, 15) is 23.9 Å². The summed E-state index contributed by atoms with van der Waals surface area (Å²) in [6.07, 6.45) is -2.15. The molecule has 0 radical (unpaired) electrons. The number of fused-ring (bicyclic) bond motifs is 1. The Balaban J connectivity index is 1.73. The molecule has 2 amide bonds. The molecule has 1 fully saturated rings. The SMILES string of the molecule is CC[C@@]1(C(=O)O)C[C@@H](OC(=O)N2Cc3cccc(F)c3C2)CN1C(=O)OC(C)(C)C. The number of carboxylic acids is 1. The molecule has 2 atom stereocenters. The predicted molar refractivity (Wildman–Crippen MR) is 104 cm³/mol. The topological polar surface area (TPSA) is 96.4 Å². The monoisotopic (exact) mass is 422 g/mol. The highest BCUT2D eigenvalue weighted by Gasteiger charge is 2.55. The Morgan fingerprint density at radius 3 is 2.50 bits per heavy atom. The quantitative estimate of drug-likeness (QED) is 0.801. The van der Waals surface area contributed by atoms with E-state index in [1.165, 1.54) is 11.0 Å². The van der Waals surface area contributed by atoms with E-state index in [4.69, 9.17) is 9.47 Å². The third-order valence-electron chi connectivity index (χ3n) is 5.52. The minimum absolute atomic E-state index is 0.0427. The number of carbonyl (C=O) groups excluding carboxylic acids is 2. The lowest BCUT2D eigenvalue weighted by molar-refractivity contribution is -0.149. The number of carbonyl (C=O) groups is 3. The van der Waals surface area contributed by atoms with Gasteiger partial charge in [-0.05, 0) is 38.8 Å². The molecule has 1 aromatic carbocycles. The van der Waals surface area contributed by atoms with E-state index in [2.05, 4.69) is 0 Å². The molecule has 0 spiro atoms. The minimum Gasteiger partial charge on any atom is -0.479 e. The lowest BCUT2D eigenvalue weighted by atomic mass is 9.92. The zero-order valence-corrected chi connectivity index (χ0v) is 17.6. The molecule has 0 saturated carbocycles. The van der Waals surface area contributed by atoms with Crippen LogP contribution in [0, 0.1) is 5.82 Å². The molecule has 0 unspecified atom stereocenters. The summed E-state index contributed by atoms with van der Waals surface area (Å²) in [6.45, 7) is 6.95. The van der Waals surface area contributed by atoms with Gasteiger partial charge in [-0.3, -0.25) is 9.80 Å². The number of rotatable bonds is 3. The Morgan fingerprint density at radius 2 is 1.93 bits per heavy atom. The second-order valence-electron chi connectivity index (χ2n) is 8.72. The maximum atomic E-state index is 13.9. The highest BCUT2D eigenvalue weighted by atomic mass is 19.1. The van der Waals surface area contributed by atoms with Crippen LogP contribution in [-0.4, -0.2) is 56.9 Å². The van der Waals surface area contributed by atoms with Crippen LogP contribution in [-0.2, 0) is 27.4 Å². The van der Waals surface area contributed by atoms with Crippen LogP contribution in [0.2, 0.25) is 0 Å². The number of hydrogen-bond acceptors (Lipinski definition) is 5. The Kier molecular flexibility index (Phi) is 5.66. The fourth-order valence-electron chi connectivity index (χ4n) is 3.99. The first kappa shape index (κ1) is 21.9. The summed E-state index contributed by atoms with van der Waals surface area (Å²) < 4.78 is 24.8. The van der Waals surface area contributed by atoms with Crippen molar-refractivity contribution >= 4 is 18.2 Å². The van der Waals surface area contributed by atoms with Crippen LogP contribution in [0.25, 0.3) is 0 Å². The van der Waals surface area contributed by atoms with Crippen molar-refractivity contribution in [3.8, 4) is 0 Å². The number of halogens is 1. The molecule has 9 heteroatoms. The number of likely N-dealkylation sites (tertiary alicyclic amines) is 1. The molecule has 0 aromatic heterocycles. The largest absolute Gasteiger partial charge is 0.479 e. The number of hydrogen-bond donors (Lipinski definition) is 1. The molecular weight excluding hydrogens is 395 g/mol. The molecule has 2 heterocycles. The van der Waals surface area contributed by atoms with Gasteiger partial charge in [-0.25, -0.2) is 18.8 Å². The molecule has 3 rings (SSSR count). The molecule has 2 aliphatic rings. The van der Waals surface area contributed by atoms with E-state index in [0.29, 0.717) is 11.1 Å². The fraction of sp³-hybridized carbons (Fsp3) is 0.571. The zero-order chi connectivity index (χ0) is 22.3. The summed E-state index contributed by atoms with van der Waals surface area (Å²) in [5, 5.41) is 9.85. The maximum absolute atomic E-state index is 13.9. The van der Waals surface area contributed by atoms with Gasteiger partial charge >= 0.3 is 18.2 Å². The van der Waals surface area contributed by atoms with Gasteiger partial charge in [0.2, 0.25) is 0 Å². The van der Waals surface area contributed by atoms with Crippen LogP contribution in [0.4, 0.5) is 14.0 Å². The summed E-state index contributed by atoms with van der Waals surface area (Å²) in [5.41, 5.74) is -1.16. The van der Waals surface area contributed by atoms with Crippen molar-refractivity contribution in [1.82, 2.24) is 9.80 Å². The number of ether oxygens (including phenoxy) is 2. The normalized spacial score (nSPS) is 23.3. The number of aliphatic carboxylic acids is 1. The van der Waals surface area contributed by atoms with Crippen molar-refractivity contribution in [1.29, 1.82) is 0 Å². The Bertz CT molecular complexity index is 868. The van der Waals surface area contributed by atoms with Crippen LogP contribution in [0.1, 0.15) is 51.7 Å². The number of amides is 2. The summed E-state index contributed by atoms with van der Waals surface area (Å²) in [7, 11) is 0. The standard InChI is InChI=1S/C21H27FN2O6/c1-5-21(17(25)26)9-14(11-24(21)19(28)30-20(2,3)4)29-18(27)23-10-13-7-6-8-16(22)15(13)12-23/h6-8,14H,5,9-12H2,1-4H3,(H,25,26)/t14-,21+/m1/s1. The van der Waals surface area contributed by atoms with Gasteiger partial charge in [-0.2, -0.15) is 0 Å². The predicted octanol–water partition coefficient (Wildman–Crippen LogP) is 3.52. The van der Waals surface area contributed by atoms with Crippen LogP contribution in [0.3, 0.4) is 0 Å². The van der Waals surface area contributed by atoms with Crippen molar-refractivity contribution in [3.63, 3.8) is 0 Å².